The van der Waals surface area contributed by atoms with E-state index in [0.29, 0.717) is 6.04 Å². The molecule has 3 atom stereocenters. The van der Waals surface area contributed by atoms with Gasteiger partial charge in [-0.05, 0) is 25.3 Å². The molecule has 1 heterocycles. The lowest BCUT2D eigenvalue weighted by Gasteiger charge is -2.36. The van der Waals surface area contributed by atoms with Crippen LogP contribution in [-0.4, -0.2) is 16.6 Å². The molecule has 0 spiro atoms. The number of rotatable bonds is 4. The molecule has 1 saturated carbocycles. The van der Waals surface area contributed by atoms with Crippen molar-refractivity contribution in [3.8, 4) is 0 Å². The van der Waals surface area contributed by atoms with E-state index < -0.39 is 0 Å². The number of nitrogens with one attached hydrogen (secondary N) is 1. The van der Waals surface area contributed by atoms with Crippen LogP contribution in [0.25, 0.3) is 0 Å². The standard InChI is InChI=1S/C14H25N3/c1-4-11-7-5-6-8-12(11)13(15-2)14-16-9-10-17(14)3/h9-13,15H,4-8H2,1-3H3. The Labute approximate surface area is 105 Å². The molecule has 0 amide bonds. The lowest BCUT2D eigenvalue weighted by molar-refractivity contribution is 0.174. The number of aryl methyl sites for hydroxylation is 1. The van der Waals surface area contributed by atoms with Crippen molar-refractivity contribution in [1.82, 2.24) is 14.9 Å². The van der Waals surface area contributed by atoms with Crippen molar-refractivity contribution in [2.24, 2.45) is 18.9 Å². The van der Waals surface area contributed by atoms with Crippen molar-refractivity contribution in [3.05, 3.63) is 18.2 Å². The molecule has 1 aliphatic carbocycles. The summed E-state index contributed by atoms with van der Waals surface area (Å²) in [6.07, 6.45) is 10.8. The maximum absolute atomic E-state index is 4.53. The van der Waals surface area contributed by atoms with E-state index >= 15 is 0 Å². The largest absolute Gasteiger partial charge is 0.337 e. The normalized spacial score (nSPS) is 27.0. The van der Waals surface area contributed by atoms with Crippen molar-refractivity contribution < 1.29 is 0 Å². The first-order valence-corrected chi connectivity index (χ1v) is 6.92. The predicted molar refractivity (Wildman–Crippen MR) is 70.7 cm³/mol. The lowest BCUT2D eigenvalue weighted by atomic mass is 9.74. The van der Waals surface area contributed by atoms with E-state index in [1.54, 1.807) is 0 Å². The zero-order valence-corrected chi connectivity index (χ0v) is 11.3. The first kappa shape index (κ1) is 12.6. The van der Waals surface area contributed by atoms with E-state index in [0.717, 1.165) is 11.8 Å². The average molecular weight is 235 g/mol. The monoisotopic (exact) mass is 235 g/mol. The highest BCUT2D eigenvalue weighted by atomic mass is 15.1. The van der Waals surface area contributed by atoms with Crippen molar-refractivity contribution in [3.63, 3.8) is 0 Å². The van der Waals surface area contributed by atoms with Crippen molar-refractivity contribution in [2.45, 2.75) is 45.1 Å². The van der Waals surface area contributed by atoms with Gasteiger partial charge in [0.05, 0.1) is 6.04 Å². The van der Waals surface area contributed by atoms with Gasteiger partial charge in [0.1, 0.15) is 5.82 Å². The second kappa shape index (κ2) is 5.67. The molecule has 1 fully saturated rings. The summed E-state index contributed by atoms with van der Waals surface area (Å²) in [4.78, 5) is 4.53. The van der Waals surface area contributed by atoms with Gasteiger partial charge in [-0.2, -0.15) is 0 Å². The molecule has 1 aromatic rings. The van der Waals surface area contributed by atoms with E-state index in [1.807, 2.05) is 12.4 Å². The van der Waals surface area contributed by atoms with Crippen LogP contribution in [0, 0.1) is 11.8 Å². The van der Waals surface area contributed by atoms with Crippen LogP contribution in [-0.2, 0) is 7.05 Å². The summed E-state index contributed by atoms with van der Waals surface area (Å²) in [6.45, 7) is 2.33. The molecule has 0 bridgehead atoms. The molecule has 0 saturated heterocycles. The van der Waals surface area contributed by atoms with Gasteiger partial charge in [-0.1, -0.05) is 32.6 Å². The first-order chi connectivity index (χ1) is 8.27. The smallest absolute Gasteiger partial charge is 0.125 e. The molecular weight excluding hydrogens is 210 g/mol. The summed E-state index contributed by atoms with van der Waals surface area (Å²) in [5.41, 5.74) is 0. The maximum atomic E-state index is 4.53. The number of aromatic nitrogens is 2. The fourth-order valence-corrected chi connectivity index (χ4v) is 3.39. The molecule has 96 valence electrons. The van der Waals surface area contributed by atoms with Gasteiger partial charge in [-0.15, -0.1) is 0 Å². The van der Waals surface area contributed by atoms with Crippen molar-refractivity contribution >= 4 is 0 Å². The third-order valence-electron chi connectivity index (χ3n) is 4.37. The molecule has 3 unspecified atom stereocenters. The lowest BCUT2D eigenvalue weighted by Crippen LogP contribution is -2.34. The number of hydrogen-bond donors (Lipinski definition) is 1. The quantitative estimate of drug-likeness (QED) is 0.869. The van der Waals surface area contributed by atoms with Crippen LogP contribution in [0.3, 0.4) is 0 Å². The average Bonchev–Trinajstić information content (AvgIpc) is 2.78. The number of hydrogen-bond acceptors (Lipinski definition) is 2. The molecule has 0 aliphatic heterocycles. The second-order valence-corrected chi connectivity index (χ2v) is 5.28. The Morgan fingerprint density at radius 2 is 2.24 bits per heavy atom. The SMILES string of the molecule is CCC1CCCCC1C(NC)c1nccn1C. The van der Waals surface area contributed by atoms with E-state index in [-0.39, 0.29) is 0 Å². The van der Waals surface area contributed by atoms with Crippen molar-refractivity contribution in [1.29, 1.82) is 0 Å². The fourth-order valence-electron chi connectivity index (χ4n) is 3.39. The maximum Gasteiger partial charge on any atom is 0.125 e. The van der Waals surface area contributed by atoms with E-state index in [9.17, 15) is 0 Å². The van der Waals surface area contributed by atoms with Gasteiger partial charge in [0.2, 0.25) is 0 Å². The summed E-state index contributed by atoms with van der Waals surface area (Å²) in [7, 11) is 4.16. The molecule has 0 radical (unpaired) electrons. The van der Waals surface area contributed by atoms with Crippen LogP contribution in [0.4, 0.5) is 0 Å². The zero-order valence-electron chi connectivity index (χ0n) is 11.3. The van der Waals surface area contributed by atoms with E-state index in [1.165, 1.54) is 37.9 Å². The number of imidazole rings is 1. The summed E-state index contributed by atoms with van der Waals surface area (Å²) in [6, 6.07) is 0.417. The van der Waals surface area contributed by atoms with Gasteiger partial charge >= 0.3 is 0 Å². The van der Waals surface area contributed by atoms with Gasteiger partial charge in [0.15, 0.2) is 0 Å². The fraction of sp³-hybridized carbons (Fsp3) is 0.786. The third-order valence-corrected chi connectivity index (χ3v) is 4.37. The summed E-state index contributed by atoms with van der Waals surface area (Å²) >= 11 is 0. The second-order valence-electron chi connectivity index (χ2n) is 5.28. The zero-order chi connectivity index (χ0) is 12.3. The van der Waals surface area contributed by atoms with Crippen LogP contribution < -0.4 is 5.32 Å². The highest BCUT2D eigenvalue weighted by Crippen LogP contribution is 2.39. The van der Waals surface area contributed by atoms with Gasteiger partial charge in [0, 0.05) is 19.4 Å². The Bertz CT molecular complexity index is 345. The van der Waals surface area contributed by atoms with E-state index in [4.69, 9.17) is 0 Å². The summed E-state index contributed by atoms with van der Waals surface area (Å²) in [5.74, 6) is 2.80. The van der Waals surface area contributed by atoms with Crippen LogP contribution >= 0.6 is 0 Å². The Morgan fingerprint density at radius 1 is 1.47 bits per heavy atom. The minimum atomic E-state index is 0.417. The van der Waals surface area contributed by atoms with Gasteiger partial charge in [0.25, 0.3) is 0 Å². The predicted octanol–water partition coefficient (Wildman–Crippen LogP) is 2.90. The van der Waals surface area contributed by atoms with E-state index in [2.05, 4.69) is 35.9 Å². The van der Waals surface area contributed by atoms with Gasteiger partial charge < -0.3 is 9.88 Å². The molecule has 17 heavy (non-hydrogen) atoms. The number of nitrogens with zero attached hydrogens (tertiary/aromatic N) is 2. The molecule has 1 N–H and O–H groups in total. The summed E-state index contributed by atoms with van der Waals surface area (Å²) < 4.78 is 2.16. The highest BCUT2D eigenvalue weighted by Gasteiger charge is 2.32. The van der Waals surface area contributed by atoms with Crippen LogP contribution in [0.1, 0.15) is 50.9 Å². The Kier molecular flexibility index (Phi) is 4.21. The molecule has 3 heteroatoms. The molecular formula is C14H25N3. The van der Waals surface area contributed by atoms with Gasteiger partial charge in [-0.3, -0.25) is 0 Å². The molecule has 3 nitrogen and oxygen atoms in total. The minimum absolute atomic E-state index is 0.417. The topological polar surface area (TPSA) is 29.9 Å². The molecule has 2 rings (SSSR count). The van der Waals surface area contributed by atoms with Crippen LogP contribution in [0.5, 0.6) is 0 Å². The third kappa shape index (κ3) is 2.54. The van der Waals surface area contributed by atoms with Crippen LogP contribution in [0.15, 0.2) is 12.4 Å². The molecule has 0 aromatic carbocycles. The Morgan fingerprint density at radius 3 is 2.82 bits per heavy atom. The minimum Gasteiger partial charge on any atom is -0.337 e. The first-order valence-electron chi connectivity index (χ1n) is 6.92. The highest BCUT2D eigenvalue weighted by molar-refractivity contribution is 5.02. The molecule has 1 aromatic heterocycles. The van der Waals surface area contributed by atoms with Crippen LogP contribution in [0.2, 0.25) is 0 Å². The Balaban J connectivity index is 2.19. The Hall–Kier alpha value is -0.830. The van der Waals surface area contributed by atoms with Crippen molar-refractivity contribution in [2.75, 3.05) is 7.05 Å². The van der Waals surface area contributed by atoms with Gasteiger partial charge in [-0.25, -0.2) is 4.98 Å². The molecule has 1 aliphatic rings. The summed E-state index contributed by atoms with van der Waals surface area (Å²) in [5, 5.41) is 3.50.